The van der Waals surface area contributed by atoms with E-state index in [1.54, 1.807) is 59.6 Å². The van der Waals surface area contributed by atoms with Gasteiger partial charge in [-0.25, -0.2) is 8.42 Å². The van der Waals surface area contributed by atoms with Gasteiger partial charge in [0.2, 0.25) is 0 Å². The van der Waals surface area contributed by atoms with Crippen LogP contribution in [0.4, 0.5) is 5.69 Å². The molecule has 8 nitrogen and oxygen atoms in total. The number of fused-ring (bicyclic) bond motifs is 1. The molecule has 1 aliphatic heterocycles. The lowest BCUT2D eigenvalue weighted by Crippen LogP contribution is -2.64. The Balaban J connectivity index is 1.25. The molecule has 1 aliphatic rings. The summed E-state index contributed by atoms with van der Waals surface area (Å²) in [5.41, 5.74) is 1.80. The van der Waals surface area contributed by atoms with E-state index < -0.39 is 15.6 Å². The summed E-state index contributed by atoms with van der Waals surface area (Å²) in [6.07, 6.45) is 1.93. The number of sulfonamides is 1. The van der Waals surface area contributed by atoms with Gasteiger partial charge in [-0.1, -0.05) is 24.3 Å². The monoisotopic (exact) mass is 488 g/mol. The van der Waals surface area contributed by atoms with Gasteiger partial charge in [0, 0.05) is 40.6 Å². The Morgan fingerprint density at radius 1 is 1.03 bits per heavy atom. The standard InChI is InChI=1S/C26H24N4O4S/c1-18-5-2-8-22(28-18)15-26(32)16-30(17-26)25(31)20-10-12-21(13-11-20)29-35(33,34)23-9-3-6-19-7-4-14-27-24(19)23/h2-14,29,32H,15-17H2,1H3. The third kappa shape index (κ3) is 4.73. The van der Waals surface area contributed by atoms with Crippen molar-refractivity contribution in [2.24, 2.45) is 0 Å². The molecule has 0 unspecified atom stereocenters. The largest absolute Gasteiger partial charge is 0.386 e. The number of hydrogen-bond acceptors (Lipinski definition) is 6. The lowest BCUT2D eigenvalue weighted by atomic mass is 9.88. The second-order valence-corrected chi connectivity index (χ2v) is 10.5. The van der Waals surface area contributed by atoms with Crippen LogP contribution in [0.15, 0.2) is 83.9 Å². The number of hydrogen-bond donors (Lipinski definition) is 2. The summed E-state index contributed by atoms with van der Waals surface area (Å²) in [5.74, 6) is -0.223. The summed E-state index contributed by atoms with van der Waals surface area (Å²) in [7, 11) is -3.88. The Bertz CT molecular complexity index is 1510. The molecule has 5 rings (SSSR count). The average Bonchev–Trinajstić information content (AvgIpc) is 2.82. The average molecular weight is 489 g/mol. The quantitative estimate of drug-likeness (QED) is 0.431. The van der Waals surface area contributed by atoms with Crippen molar-refractivity contribution in [2.45, 2.75) is 23.8 Å². The molecule has 0 spiro atoms. The maximum Gasteiger partial charge on any atom is 0.264 e. The first-order valence-corrected chi connectivity index (χ1v) is 12.6. The molecule has 178 valence electrons. The van der Waals surface area contributed by atoms with Crippen LogP contribution in [-0.2, 0) is 16.4 Å². The van der Waals surface area contributed by atoms with Crippen LogP contribution in [0.2, 0.25) is 0 Å². The highest BCUT2D eigenvalue weighted by molar-refractivity contribution is 7.93. The molecular weight excluding hydrogens is 464 g/mol. The van der Waals surface area contributed by atoms with Crippen molar-refractivity contribution in [2.75, 3.05) is 17.8 Å². The van der Waals surface area contributed by atoms with E-state index in [1.807, 2.05) is 25.1 Å². The summed E-state index contributed by atoms with van der Waals surface area (Å²) in [6.45, 7) is 2.32. The topological polar surface area (TPSA) is 112 Å². The van der Waals surface area contributed by atoms with Gasteiger partial charge >= 0.3 is 0 Å². The molecule has 2 aromatic carbocycles. The number of para-hydroxylation sites is 1. The van der Waals surface area contributed by atoms with Crippen LogP contribution in [0.25, 0.3) is 10.9 Å². The normalized spacial score (nSPS) is 15.0. The predicted octanol–water partition coefficient (Wildman–Crippen LogP) is 3.17. The maximum absolute atomic E-state index is 13.0. The highest BCUT2D eigenvalue weighted by atomic mass is 32.2. The smallest absolute Gasteiger partial charge is 0.264 e. The number of aliphatic hydroxyl groups is 1. The molecule has 4 aromatic rings. The number of amides is 1. The fourth-order valence-electron chi connectivity index (χ4n) is 4.32. The molecule has 0 bridgehead atoms. The molecule has 1 saturated heterocycles. The minimum absolute atomic E-state index is 0.0821. The van der Waals surface area contributed by atoms with E-state index in [9.17, 15) is 18.3 Å². The van der Waals surface area contributed by atoms with E-state index in [-0.39, 0.29) is 23.9 Å². The van der Waals surface area contributed by atoms with Crippen molar-refractivity contribution in [3.05, 3.63) is 95.9 Å². The molecule has 0 radical (unpaired) electrons. The molecule has 3 heterocycles. The van der Waals surface area contributed by atoms with Crippen LogP contribution in [-0.4, -0.2) is 53.0 Å². The Hall–Kier alpha value is -3.82. The van der Waals surface area contributed by atoms with E-state index in [2.05, 4.69) is 14.7 Å². The van der Waals surface area contributed by atoms with Gasteiger partial charge in [0.1, 0.15) is 10.5 Å². The van der Waals surface area contributed by atoms with E-state index in [0.717, 1.165) is 16.8 Å². The lowest BCUT2D eigenvalue weighted by molar-refractivity contribution is -0.0805. The zero-order chi connectivity index (χ0) is 24.6. The van der Waals surface area contributed by atoms with Crippen LogP contribution in [0, 0.1) is 6.92 Å². The van der Waals surface area contributed by atoms with Gasteiger partial charge in [-0.15, -0.1) is 0 Å². The van der Waals surface area contributed by atoms with Crippen molar-refractivity contribution >= 4 is 32.5 Å². The number of aryl methyl sites for hydroxylation is 1. The van der Waals surface area contributed by atoms with Crippen molar-refractivity contribution in [3.8, 4) is 0 Å². The zero-order valence-electron chi connectivity index (χ0n) is 19.0. The van der Waals surface area contributed by atoms with Crippen LogP contribution in [0.3, 0.4) is 0 Å². The van der Waals surface area contributed by atoms with Crippen LogP contribution in [0.1, 0.15) is 21.7 Å². The first kappa shape index (κ1) is 22.9. The number of carbonyl (C=O) groups is 1. The molecule has 0 aliphatic carbocycles. The van der Waals surface area contributed by atoms with Crippen LogP contribution < -0.4 is 4.72 Å². The molecule has 0 saturated carbocycles. The van der Waals surface area contributed by atoms with E-state index in [0.29, 0.717) is 23.2 Å². The Labute approximate surface area is 203 Å². The minimum atomic E-state index is -3.88. The second-order valence-electron chi connectivity index (χ2n) is 8.85. The number of anilines is 1. The van der Waals surface area contributed by atoms with Gasteiger partial charge in [0.15, 0.2) is 0 Å². The molecule has 1 fully saturated rings. The minimum Gasteiger partial charge on any atom is -0.386 e. The zero-order valence-corrected chi connectivity index (χ0v) is 19.9. The van der Waals surface area contributed by atoms with Crippen LogP contribution in [0.5, 0.6) is 0 Å². The lowest BCUT2D eigenvalue weighted by Gasteiger charge is -2.46. The molecule has 2 N–H and O–H groups in total. The highest BCUT2D eigenvalue weighted by Gasteiger charge is 2.44. The third-order valence-corrected chi connectivity index (χ3v) is 7.40. The highest BCUT2D eigenvalue weighted by Crippen LogP contribution is 2.28. The molecular formula is C26H24N4O4S. The summed E-state index contributed by atoms with van der Waals surface area (Å²) < 4.78 is 28.5. The maximum atomic E-state index is 13.0. The van der Waals surface area contributed by atoms with Crippen molar-refractivity contribution in [3.63, 3.8) is 0 Å². The molecule has 1 amide bonds. The van der Waals surface area contributed by atoms with E-state index in [4.69, 9.17) is 0 Å². The Morgan fingerprint density at radius 3 is 2.49 bits per heavy atom. The molecule has 9 heteroatoms. The van der Waals surface area contributed by atoms with E-state index >= 15 is 0 Å². The van der Waals surface area contributed by atoms with Crippen LogP contribution >= 0.6 is 0 Å². The van der Waals surface area contributed by atoms with E-state index in [1.165, 1.54) is 6.07 Å². The Morgan fingerprint density at radius 2 is 1.74 bits per heavy atom. The summed E-state index contributed by atoms with van der Waals surface area (Å²) in [5, 5.41) is 11.5. The summed E-state index contributed by atoms with van der Waals surface area (Å²) in [4.78, 5) is 23.1. The first-order valence-electron chi connectivity index (χ1n) is 11.1. The number of pyridine rings is 2. The van der Waals surface area contributed by atoms with Crippen molar-refractivity contribution in [1.82, 2.24) is 14.9 Å². The molecule has 0 atom stereocenters. The SMILES string of the molecule is Cc1cccc(CC2(O)CN(C(=O)c3ccc(NS(=O)(=O)c4cccc5cccnc45)cc3)C2)n1. The number of carbonyl (C=O) groups excluding carboxylic acids is 1. The van der Waals surface area contributed by atoms with Gasteiger partial charge in [-0.3, -0.25) is 19.5 Å². The molecule has 2 aromatic heterocycles. The van der Waals surface area contributed by atoms with Gasteiger partial charge in [-0.2, -0.15) is 0 Å². The Kier molecular flexibility index (Phi) is 5.74. The van der Waals surface area contributed by atoms with Gasteiger partial charge < -0.3 is 10.0 Å². The number of nitrogens with zero attached hydrogens (tertiary/aromatic N) is 3. The second kappa shape index (κ2) is 8.75. The van der Waals surface area contributed by atoms with Gasteiger partial charge in [-0.05, 0) is 55.5 Å². The number of benzene rings is 2. The summed E-state index contributed by atoms with van der Waals surface area (Å²) in [6, 6.07) is 20.4. The third-order valence-electron chi connectivity index (χ3n) is 5.98. The van der Waals surface area contributed by atoms with Gasteiger partial charge in [0.25, 0.3) is 15.9 Å². The fourth-order valence-corrected chi connectivity index (χ4v) is 5.56. The number of β-amino-alcohol motifs (C(OH)–C–C–N with tert-alkyl or cyclic N) is 1. The van der Waals surface area contributed by atoms with Gasteiger partial charge in [0.05, 0.1) is 18.6 Å². The van der Waals surface area contributed by atoms with Crippen molar-refractivity contribution < 1.29 is 18.3 Å². The number of rotatable bonds is 6. The fraction of sp³-hybridized carbons (Fsp3) is 0.192. The number of nitrogens with one attached hydrogen (secondary N) is 1. The first-order chi connectivity index (χ1) is 16.7. The predicted molar refractivity (Wildman–Crippen MR) is 133 cm³/mol. The molecule has 35 heavy (non-hydrogen) atoms. The number of aromatic nitrogens is 2. The number of likely N-dealkylation sites (tertiary alicyclic amines) is 1. The van der Waals surface area contributed by atoms with Crippen molar-refractivity contribution in [1.29, 1.82) is 0 Å². The summed E-state index contributed by atoms with van der Waals surface area (Å²) >= 11 is 0.